The molecule has 2 heteroatoms. The fraction of sp³-hybridized carbons (Fsp3) is 0.909. The minimum atomic E-state index is 0.347. The van der Waals surface area contributed by atoms with Crippen LogP contribution in [0.1, 0.15) is 38.5 Å². The molecule has 2 unspecified atom stereocenters. The molecule has 0 aromatic heterocycles. The van der Waals surface area contributed by atoms with Crippen LogP contribution in [0.2, 0.25) is 0 Å². The number of β-lactam (4-membered cyclic amide) rings is 1. The Morgan fingerprint density at radius 3 is 2.23 bits per heavy atom. The smallest absolute Gasteiger partial charge is 0.225 e. The van der Waals surface area contributed by atoms with Gasteiger partial charge in [0.2, 0.25) is 5.91 Å². The summed E-state index contributed by atoms with van der Waals surface area (Å²) in [7, 11) is 0. The van der Waals surface area contributed by atoms with Gasteiger partial charge in [-0.05, 0) is 37.5 Å². The Labute approximate surface area is 79.1 Å². The Kier molecular flexibility index (Phi) is 1.64. The van der Waals surface area contributed by atoms with Gasteiger partial charge in [0.1, 0.15) is 0 Å². The van der Waals surface area contributed by atoms with Crippen molar-refractivity contribution in [2.24, 2.45) is 17.8 Å². The fourth-order valence-electron chi connectivity index (χ4n) is 3.11. The van der Waals surface area contributed by atoms with Gasteiger partial charge in [0, 0.05) is 6.04 Å². The molecule has 0 radical (unpaired) electrons. The van der Waals surface area contributed by atoms with E-state index < -0.39 is 0 Å². The summed E-state index contributed by atoms with van der Waals surface area (Å²) in [6.07, 6.45) is 8.09. The highest BCUT2D eigenvalue weighted by Crippen LogP contribution is 2.46. The molecule has 2 atom stereocenters. The third-order valence-corrected chi connectivity index (χ3v) is 4.04. The number of amides is 1. The van der Waals surface area contributed by atoms with E-state index in [-0.39, 0.29) is 0 Å². The lowest BCUT2D eigenvalue weighted by Crippen LogP contribution is -2.61. The van der Waals surface area contributed by atoms with E-state index in [1.54, 1.807) is 0 Å². The first kappa shape index (κ1) is 7.84. The van der Waals surface area contributed by atoms with Gasteiger partial charge in [-0.25, -0.2) is 0 Å². The van der Waals surface area contributed by atoms with Crippen molar-refractivity contribution in [3.8, 4) is 0 Å². The van der Waals surface area contributed by atoms with Gasteiger partial charge in [0.05, 0.1) is 5.92 Å². The third-order valence-electron chi connectivity index (χ3n) is 4.04. The van der Waals surface area contributed by atoms with Gasteiger partial charge in [-0.3, -0.25) is 4.79 Å². The van der Waals surface area contributed by atoms with E-state index in [4.69, 9.17) is 0 Å². The van der Waals surface area contributed by atoms with Gasteiger partial charge < -0.3 is 5.32 Å². The molecule has 3 rings (SSSR count). The highest BCUT2D eigenvalue weighted by molar-refractivity contribution is 5.86. The van der Waals surface area contributed by atoms with Crippen molar-refractivity contribution in [1.82, 2.24) is 5.32 Å². The average Bonchev–Trinajstić information content (AvgIpc) is 2.77. The van der Waals surface area contributed by atoms with E-state index in [2.05, 4.69) is 5.32 Å². The largest absolute Gasteiger partial charge is 0.352 e. The normalized spacial score (nSPS) is 40.2. The van der Waals surface area contributed by atoms with E-state index in [1.165, 1.54) is 38.5 Å². The second-order valence-corrected chi connectivity index (χ2v) is 4.94. The highest BCUT2D eigenvalue weighted by atomic mass is 16.2. The molecule has 1 amide bonds. The lowest BCUT2D eigenvalue weighted by Gasteiger charge is -2.41. The van der Waals surface area contributed by atoms with Crippen molar-refractivity contribution < 1.29 is 4.79 Å². The molecule has 1 heterocycles. The van der Waals surface area contributed by atoms with Crippen molar-refractivity contribution in [2.75, 3.05) is 0 Å². The minimum absolute atomic E-state index is 0.347. The van der Waals surface area contributed by atoms with Crippen LogP contribution in [-0.2, 0) is 4.79 Å². The number of carbonyl (C=O) groups excluding carboxylic acids is 1. The summed E-state index contributed by atoms with van der Waals surface area (Å²) in [6, 6.07) is 0.572. The van der Waals surface area contributed by atoms with Crippen LogP contribution in [0.25, 0.3) is 0 Å². The van der Waals surface area contributed by atoms with Crippen LogP contribution in [-0.4, -0.2) is 11.9 Å². The third kappa shape index (κ3) is 1.18. The number of carbonyl (C=O) groups is 1. The molecule has 1 saturated heterocycles. The van der Waals surface area contributed by atoms with Crippen molar-refractivity contribution in [3.05, 3.63) is 0 Å². The maximum absolute atomic E-state index is 11.4. The molecule has 3 aliphatic rings. The molecule has 2 aliphatic carbocycles. The summed E-state index contributed by atoms with van der Waals surface area (Å²) in [5.74, 6) is 2.35. The zero-order valence-corrected chi connectivity index (χ0v) is 7.96. The maximum Gasteiger partial charge on any atom is 0.225 e. The SMILES string of the molecule is O=C1NC(C2CCCC2)C1C1CC1. The van der Waals surface area contributed by atoms with Crippen LogP contribution in [0.5, 0.6) is 0 Å². The molecule has 13 heavy (non-hydrogen) atoms. The summed E-state index contributed by atoms with van der Waals surface area (Å²) in [5.41, 5.74) is 0. The first-order valence-corrected chi connectivity index (χ1v) is 5.66. The van der Waals surface area contributed by atoms with Gasteiger partial charge in [-0.15, -0.1) is 0 Å². The Morgan fingerprint density at radius 1 is 1.00 bits per heavy atom. The molecule has 2 saturated carbocycles. The minimum Gasteiger partial charge on any atom is -0.352 e. The molecule has 3 fully saturated rings. The molecule has 0 bridgehead atoms. The van der Waals surface area contributed by atoms with Gasteiger partial charge in [-0.1, -0.05) is 12.8 Å². The predicted octanol–water partition coefficient (Wildman–Crippen LogP) is 1.70. The highest BCUT2D eigenvalue weighted by Gasteiger charge is 2.51. The van der Waals surface area contributed by atoms with E-state index in [0.29, 0.717) is 17.9 Å². The lowest BCUT2D eigenvalue weighted by atomic mass is 9.77. The Morgan fingerprint density at radius 2 is 1.69 bits per heavy atom. The van der Waals surface area contributed by atoms with Gasteiger partial charge in [0.15, 0.2) is 0 Å². The van der Waals surface area contributed by atoms with E-state index >= 15 is 0 Å². The number of hydrogen-bond donors (Lipinski definition) is 1. The van der Waals surface area contributed by atoms with Crippen molar-refractivity contribution in [1.29, 1.82) is 0 Å². The molecular formula is C11H17NO. The quantitative estimate of drug-likeness (QED) is 0.642. The first-order chi connectivity index (χ1) is 6.36. The molecule has 72 valence electrons. The van der Waals surface area contributed by atoms with Gasteiger partial charge in [-0.2, -0.15) is 0 Å². The van der Waals surface area contributed by atoms with Crippen molar-refractivity contribution in [3.63, 3.8) is 0 Å². The van der Waals surface area contributed by atoms with E-state index in [0.717, 1.165) is 11.8 Å². The topological polar surface area (TPSA) is 29.1 Å². The number of nitrogens with one attached hydrogen (secondary N) is 1. The van der Waals surface area contributed by atoms with Gasteiger partial charge >= 0.3 is 0 Å². The fourth-order valence-corrected chi connectivity index (χ4v) is 3.11. The van der Waals surface area contributed by atoms with Crippen LogP contribution in [0.3, 0.4) is 0 Å². The number of rotatable bonds is 2. The van der Waals surface area contributed by atoms with E-state index in [9.17, 15) is 4.79 Å². The second kappa shape index (κ2) is 2.73. The zero-order chi connectivity index (χ0) is 8.84. The van der Waals surface area contributed by atoms with Crippen molar-refractivity contribution in [2.45, 2.75) is 44.6 Å². The second-order valence-electron chi connectivity index (χ2n) is 4.94. The maximum atomic E-state index is 11.4. The summed E-state index contributed by atoms with van der Waals surface area (Å²) in [5, 5.41) is 3.12. The Balaban J connectivity index is 1.67. The van der Waals surface area contributed by atoms with Crippen LogP contribution in [0.4, 0.5) is 0 Å². The summed E-state index contributed by atoms with van der Waals surface area (Å²) in [6.45, 7) is 0. The van der Waals surface area contributed by atoms with Crippen LogP contribution in [0.15, 0.2) is 0 Å². The lowest BCUT2D eigenvalue weighted by molar-refractivity contribution is -0.138. The Hall–Kier alpha value is -0.530. The molecule has 0 aromatic carbocycles. The molecule has 0 spiro atoms. The Bertz CT molecular complexity index is 228. The summed E-state index contributed by atoms with van der Waals surface area (Å²) < 4.78 is 0. The van der Waals surface area contributed by atoms with E-state index in [1.807, 2.05) is 0 Å². The molecular weight excluding hydrogens is 162 g/mol. The summed E-state index contributed by atoms with van der Waals surface area (Å²) >= 11 is 0. The predicted molar refractivity (Wildman–Crippen MR) is 50.1 cm³/mol. The van der Waals surface area contributed by atoms with Crippen molar-refractivity contribution >= 4 is 5.91 Å². The molecule has 1 aliphatic heterocycles. The summed E-state index contributed by atoms with van der Waals surface area (Å²) in [4.78, 5) is 11.4. The van der Waals surface area contributed by atoms with Crippen LogP contribution >= 0.6 is 0 Å². The van der Waals surface area contributed by atoms with Crippen LogP contribution in [0, 0.1) is 17.8 Å². The molecule has 0 aromatic rings. The first-order valence-electron chi connectivity index (χ1n) is 5.66. The monoisotopic (exact) mass is 179 g/mol. The molecule has 1 N–H and O–H groups in total. The van der Waals surface area contributed by atoms with Gasteiger partial charge in [0.25, 0.3) is 0 Å². The molecule has 2 nitrogen and oxygen atoms in total. The standard InChI is InChI=1S/C11H17NO/c13-11-9(7-5-6-7)10(12-11)8-3-1-2-4-8/h7-10H,1-6H2,(H,12,13). The average molecular weight is 179 g/mol. The zero-order valence-electron chi connectivity index (χ0n) is 7.96. The number of hydrogen-bond acceptors (Lipinski definition) is 1. The van der Waals surface area contributed by atoms with Crippen LogP contribution < -0.4 is 5.32 Å².